The first-order valence-electron chi connectivity index (χ1n) is 7.30. The molecule has 0 unspecified atom stereocenters. The summed E-state index contributed by atoms with van der Waals surface area (Å²) in [4.78, 5) is 28.4. The van der Waals surface area contributed by atoms with E-state index >= 15 is 0 Å². The van der Waals surface area contributed by atoms with E-state index in [1.165, 1.54) is 33.4 Å². The first-order valence-corrected chi connectivity index (χ1v) is 7.68. The van der Waals surface area contributed by atoms with Crippen LogP contribution in [0.3, 0.4) is 0 Å². The molecule has 0 aliphatic carbocycles. The summed E-state index contributed by atoms with van der Waals surface area (Å²) in [6.45, 7) is 1.45. The van der Waals surface area contributed by atoms with E-state index in [2.05, 4.69) is 10.3 Å². The number of halogens is 1. The molecule has 1 heterocycles. The first-order chi connectivity index (χ1) is 12.0. The maximum absolute atomic E-state index is 12.3. The number of carbonyl (C=O) groups is 2. The summed E-state index contributed by atoms with van der Waals surface area (Å²) in [5.74, 6) is -0.301. The largest absolute Gasteiger partial charge is 0.493 e. The Bertz CT molecular complexity index is 764. The van der Waals surface area contributed by atoms with Gasteiger partial charge in [0, 0.05) is 6.20 Å². The van der Waals surface area contributed by atoms with Crippen LogP contribution in [0, 0.1) is 0 Å². The van der Waals surface area contributed by atoms with Gasteiger partial charge in [-0.2, -0.15) is 0 Å². The van der Waals surface area contributed by atoms with Gasteiger partial charge >= 0.3 is 5.97 Å². The minimum absolute atomic E-state index is 0.158. The number of hydrogen-bond acceptors (Lipinski definition) is 6. The van der Waals surface area contributed by atoms with Crippen LogP contribution in [0.1, 0.15) is 17.3 Å². The monoisotopic (exact) mass is 364 g/mol. The molecule has 7 nitrogen and oxygen atoms in total. The molecule has 0 radical (unpaired) electrons. The van der Waals surface area contributed by atoms with Gasteiger partial charge in [0.2, 0.25) is 0 Å². The number of benzene rings is 1. The van der Waals surface area contributed by atoms with Gasteiger partial charge in [-0.1, -0.05) is 17.7 Å². The Hall–Kier alpha value is -2.80. The zero-order valence-electron chi connectivity index (χ0n) is 13.9. The standard InChI is InChI=1S/C17H17ClN2O5/c1-10(16(21)20-14-8-7-11(18)9-19-14)25-17(22)12-5-4-6-13(23-2)15(12)24-3/h4-10H,1-3H3,(H,19,20,21)/t10-/m0/s1. The van der Waals surface area contributed by atoms with Crippen LogP contribution >= 0.6 is 11.6 Å². The maximum atomic E-state index is 12.3. The number of ether oxygens (including phenoxy) is 3. The Labute approximate surface area is 149 Å². The van der Waals surface area contributed by atoms with Gasteiger partial charge in [-0.3, -0.25) is 4.79 Å². The van der Waals surface area contributed by atoms with Crippen LogP contribution in [-0.4, -0.2) is 37.2 Å². The second-order valence-corrected chi connectivity index (χ2v) is 5.38. The van der Waals surface area contributed by atoms with Gasteiger partial charge < -0.3 is 19.5 Å². The van der Waals surface area contributed by atoms with Crippen molar-refractivity contribution in [1.29, 1.82) is 0 Å². The fourth-order valence-electron chi connectivity index (χ4n) is 2.00. The van der Waals surface area contributed by atoms with Gasteiger partial charge in [0.25, 0.3) is 5.91 Å². The van der Waals surface area contributed by atoms with Crippen molar-refractivity contribution in [2.24, 2.45) is 0 Å². The van der Waals surface area contributed by atoms with Crippen LogP contribution in [0.25, 0.3) is 0 Å². The smallest absolute Gasteiger partial charge is 0.342 e. The van der Waals surface area contributed by atoms with Gasteiger partial charge in [-0.25, -0.2) is 9.78 Å². The Morgan fingerprint density at radius 3 is 2.52 bits per heavy atom. The zero-order valence-corrected chi connectivity index (χ0v) is 14.7. The number of esters is 1. The summed E-state index contributed by atoms with van der Waals surface area (Å²) in [5, 5.41) is 2.98. The van der Waals surface area contributed by atoms with Gasteiger partial charge in [-0.05, 0) is 31.2 Å². The maximum Gasteiger partial charge on any atom is 0.342 e. The lowest BCUT2D eigenvalue weighted by Gasteiger charge is -2.15. The number of para-hydroxylation sites is 1. The predicted molar refractivity (Wildman–Crippen MR) is 92.3 cm³/mol. The number of nitrogens with zero attached hydrogens (tertiary/aromatic N) is 1. The molecular formula is C17H17ClN2O5. The molecule has 0 saturated carbocycles. The number of rotatable bonds is 6. The first kappa shape index (κ1) is 18.5. The number of anilines is 1. The molecule has 2 aromatic rings. The molecule has 0 bridgehead atoms. The SMILES string of the molecule is COc1cccc(C(=O)O[C@@H](C)C(=O)Nc2ccc(Cl)cn2)c1OC. The number of amides is 1. The highest BCUT2D eigenvalue weighted by molar-refractivity contribution is 6.30. The molecule has 0 spiro atoms. The van der Waals surface area contributed by atoms with Crippen molar-refractivity contribution in [3.05, 3.63) is 47.1 Å². The van der Waals surface area contributed by atoms with Crippen LogP contribution in [0.15, 0.2) is 36.5 Å². The van der Waals surface area contributed by atoms with Crippen molar-refractivity contribution in [3.8, 4) is 11.5 Å². The topological polar surface area (TPSA) is 86.8 Å². The van der Waals surface area contributed by atoms with Crippen LogP contribution in [0.2, 0.25) is 5.02 Å². The minimum atomic E-state index is -1.04. The Morgan fingerprint density at radius 1 is 1.16 bits per heavy atom. The predicted octanol–water partition coefficient (Wildman–Crippen LogP) is 2.94. The molecule has 0 aliphatic heterocycles. The van der Waals surface area contributed by atoms with Gasteiger partial charge in [-0.15, -0.1) is 0 Å². The number of carbonyl (C=O) groups excluding carboxylic acids is 2. The minimum Gasteiger partial charge on any atom is -0.493 e. The number of methoxy groups -OCH3 is 2. The summed E-state index contributed by atoms with van der Waals surface area (Å²) < 4.78 is 15.5. The zero-order chi connectivity index (χ0) is 18.4. The lowest BCUT2D eigenvalue weighted by Crippen LogP contribution is -2.30. The lowest BCUT2D eigenvalue weighted by atomic mass is 10.2. The van der Waals surface area contributed by atoms with Crippen molar-refractivity contribution in [3.63, 3.8) is 0 Å². The Morgan fingerprint density at radius 2 is 1.92 bits per heavy atom. The van der Waals surface area contributed by atoms with Gasteiger partial charge in [0.1, 0.15) is 11.4 Å². The normalized spacial score (nSPS) is 11.4. The fourth-order valence-corrected chi connectivity index (χ4v) is 2.11. The third-order valence-electron chi connectivity index (χ3n) is 3.25. The van der Waals surface area contributed by atoms with Crippen LogP contribution in [0.5, 0.6) is 11.5 Å². The summed E-state index contributed by atoms with van der Waals surface area (Å²) in [7, 11) is 2.87. The molecule has 132 valence electrons. The lowest BCUT2D eigenvalue weighted by molar-refractivity contribution is -0.123. The molecular weight excluding hydrogens is 348 g/mol. The van der Waals surface area contributed by atoms with E-state index < -0.39 is 18.0 Å². The molecule has 25 heavy (non-hydrogen) atoms. The summed E-state index contributed by atoms with van der Waals surface area (Å²) in [6, 6.07) is 7.93. The molecule has 1 amide bonds. The third-order valence-corrected chi connectivity index (χ3v) is 3.48. The quantitative estimate of drug-likeness (QED) is 0.793. The summed E-state index contributed by atoms with van der Waals surface area (Å²) in [5.41, 5.74) is 0.158. The van der Waals surface area contributed by atoms with Crippen LogP contribution in [-0.2, 0) is 9.53 Å². The molecule has 1 aromatic carbocycles. The van der Waals surface area contributed by atoms with Crippen LogP contribution in [0.4, 0.5) is 5.82 Å². The van der Waals surface area contributed by atoms with E-state index in [9.17, 15) is 9.59 Å². The highest BCUT2D eigenvalue weighted by Crippen LogP contribution is 2.31. The second-order valence-electron chi connectivity index (χ2n) is 4.94. The van der Waals surface area contributed by atoms with Crippen molar-refractivity contribution >= 4 is 29.3 Å². The molecule has 1 N–H and O–H groups in total. The fraction of sp³-hybridized carbons (Fsp3) is 0.235. The van der Waals surface area contributed by atoms with E-state index in [0.717, 1.165) is 0 Å². The van der Waals surface area contributed by atoms with E-state index in [1.807, 2.05) is 0 Å². The number of hydrogen-bond donors (Lipinski definition) is 1. The molecule has 0 saturated heterocycles. The highest BCUT2D eigenvalue weighted by atomic mass is 35.5. The molecule has 2 rings (SSSR count). The molecule has 0 aliphatic rings. The average Bonchev–Trinajstić information content (AvgIpc) is 2.62. The van der Waals surface area contributed by atoms with Crippen molar-refractivity contribution in [2.45, 2.75) is 13.0 Å². The van der Waals surface area contributed by atoms with E-state index in [1.54, 1.807) is 24.3 Å². The van der Waals surface area contributed by atoms with Gasteiger partial charge in [0.05, 0.1) is 19.2 Å². The van der Waals surface area contributed by atoms with E-state index in [4.69, 9.17) is 25.8 Å². The molecule has 8 heteroatoms. The molecule has 0 fully saturated rings. The number of pyridine rings is 1. The molecule has 1 atom stereocenters. The molecule has 1 aromatic heterocycles. The summed E-state index contributed by atoms with van der Waals surface area (Å²) >= 11 is 5.73. The van der Waals surface area contributed by atoms with Crippen molar-refractivity contribution < 1.29 is 23.8 Å². The number of nitrogens with one attached hydrogen (secondary N) is 1. The average molecular weight is 365 g/mol. The van der Waals surface area contributed by atoms with Gasteiger partial charge in [0.15, 0.2) is 17.6 Å². The Balaban J connectivity index is 2.07. The van der Waals surface area contributed by atoms with Crippen LogP contribution < -0.4 is 14.8 Å². The number of aromatic nitrogens is 1. The van der Waals surface area contributed by atoms with E-state index in [-0.39, 0.29) is 11.3 Å². The second kappa shape index (κ2) is 8.34. The Kier molecular flexibility index (Phi) is 6.19. The van der Waals surface area contributed by atoms with E-state index in [0.29, 0.717) is 16.6 Å². The third kappa shape index (κ3) is 4.60. The van der Waals surface area contributed by atoms with Crippen molar-refractivity contribution in [1.82, 2.24) is 4.98 Å². The van der Waals surface area contributed by atoms with Crippen molar-refractivity contribution in [2.75, 3.05) is 19.5 Å². The highest BCUT2D eigenvalue weighted by Gasteiger charge is 2.23. The summed E-state index contributed by atoms with van der Waals surface area (Å²) in [6.07, 6.45) is 0.357.